The summed E-state index contributed by atoms with van der Waals surface area (Å²) in [6, 6.07) is 14.6. The van der Waals surface area contributed by atoms with Crippen LogP contribution in [0.1, 0.15) is 34.7 Å². The molecule has 1 fully saturated rings. The maximum Gasteiger partial charge on any atom is 0.298 e. The predicted molar refractivity (Wildman–Crippen MR) is 143 cm³/mol. The van der Waals surface area contributed by atoms with Crippen molar-refractivity contribution in [1.29, 1.82) is 0 Å². The minimum absolute atomic E-state index is 0.115. The van der Waals surface area contributed by atoms with Gasteiger partial charge in [0.05, 0.1) is 5.56 Å². The van der Waals surface area contributed by atoms with Crippen LogP contribution >= 0.6 is 0 Å². The summed E-state index contributed by atoms with van der Waals surface area (Å²) in [6.07, 6.45) is 1.84. The van der Waals surface area contributed by atoms with Gasteiger partial charge in [0.15, 0.2) is 5.58 Å². The summed E-state index contributed by atoms with van der Waals surface area (Å²) in [4.78, 5) is 19.6. The largest absolute Gasteiger partial charge is 0.455 e. The van der Waals surface area contributed by atoms with Gasteiger partial charge in [-0.15, -0.1) is 0 Å². The number of carbonyl (C=O) groups excluding carboxylic acids is 1. The number of furan rings is 1. The average molecular weight is 517 g/mol. The van der Waals surface area contributed by atoms with Crippen molar-refractivity contribution >= 4 is 39.7 Å². The smallest absolute Gasteiger partial charge is 0.298 e. The maximum atomic E-state index is 13.7. The van der Waals surface area contributed by atoms with Crippen molar-refractivity contribution in [2.45, 2.75) is 18.8 Å². The minimum Gasteiger partial charge on any atom is -0.455 e. The molecule has 38 heavy (non-hydrogen) atoms. The van der Waals surface area contributed by atoms with E-state index >= 15 is 0 Å². The van der Waals surface area contributed by atoms with Crippen LogP contribution in [0.3, 0.4) is 0 Å². The first kappa shape index (κ1) is 24.0. The Balaban J connectivity index is 1.42. The Morgan fingerprint density at radius 2 is 1.79 bits per heavy atom. The van der Waals surface area contributed by atoms with Crippen molar-refractivity contribution in [2.24, 2.45) is 0 Å². The Bertz CT molecular complexity index is 1660. The molecule has 2 aromatic heterocycles. The highest BCUT2D eigenvalue weighted by Gasteiger charge is 2.29. The normalized spacial score (nSPS) is 15.8. The van der Waals surface area contributed by atoms with Gasteiger partial charge < -0.3 is 24.4 Å². The molecule has 0 radical (unpaired) electrons. The fraction of sp³-hybridized carbons (Fsp3) is 0.241. The van der Waals surface area contributed by atoms with Gasteiger partial charge in [0, 0.05) is 61.9 Å². The van der Waals surface area contributed by atoms with E-state index in [2.05, 4.69) is 20.5 Å². The molecule has 2 N–H and O–H groups in total. The molecule has 0 aliphatic carbocycles. The molecular formula is C29H26F2N4O3. The van der Waals surface area contributed by atoms with Gasteiger partial charge in [-0.3, -0.25) is 4.79 Å². The minimum atomic E-state index is -0.364. The van der Waals surface area contributed by atoms with Crippen molar-refractivity contribution in [2.75, 3.05) is 37.4 Å². The van der Waals surface area contributed by atoms with Gasteiger partial charge in [0.2, 0.25) is 0 Å². The molecule has 1 saturated heterocycles. The van der Waals surface area contributed by atoms with Crippen LogP contribution in [0.15, 0.2) is 63.4 Å². The van der Waals surface area contributed by atoms with Crippen molar-refractivity contribution < 1.29 is 22.4 Å². The van der Waals surface area contributed by atoms with Crippen LogP contribution in [0.2, 0.25) is 0 Å². The van der Waals surface area contributed by atoms with Crippen molar-refractivity contribution in [3.63, 3.8) is 0 Å². The molecule has 1 aliphatic rings. The number of nitrogens with zero attached hydrogens (tertiary/aromatic N) is 2. The molecule has 1 aliphatic heterocycles. The van der Waals surface area contributed by atoms with Gasteiger partial charge in [0.1, 0.15) is 28.5 Å². The zero-order valence-corrected chi connectivity index (χ0v) is 21.0. The Morgan fingerprint density at radius 3 is 2.55 bits per heavy atom. The molecule has 9 heteroatoms. The van der Waals surface area contributed by atoms with E-state index in [4.69, 9.17) is 8.83 Å². The number of anilines is 2. The van der Waals surface area contributed by atoms with E-state index in [0.29, 0.717) is 51.5 Å². The molecule has 7 nitrogen and oxygen atoms in total. The van der Waals surface area contributed by atoms with Gasteiger partial charge in [-0.2, -0.15) is 4.98 Å². The Kier molecular flexibility index (Phi) is 5.98. The summed E-state index contributed by atoms with van der Waals surface area (Å²) in [5.41, 5.74) is 4.56. The van der Waals surface area contributed by atoms with E-state index in [1.54, 1.807) is 25.2 Å². The summed E-state index contributed by atoms with van der Waals surface area (Å²) in [5, 5.41) is 6.67. The summed E-state index contributed by atoms with van der Waals surface area (Å²) < 4.78 is 39.4. The second-order valence-corrected chi connectivity index (χ2v) is 9.47. The number of piperidine rings is 1. The quantitative estimate of drug-likeness (QED) is 0.285. The monoisotopic (exact) mass is 516 g/mol. The summed E-state index contributed by atoms with van der Waals surface area (Å²) in [6.45, 7) is 1.42. The highest BCUT2D eigenvalue weighted by atomic mass is 19.1. The number of benzene rings is 3. The molecule has 5 aromatic rings. The zero-order valence-electron chi connectivity index (χ0n) is 21.0. The third-order valence-corrected chi connectivity index (χ3v) is 7.16. The third kappa shape index (κ3) is 4.13. The standard InChI is InChI=1S/C29H26F2N4O3/c1-32-22-14-25-21(26(28(36)33-2)27(37-25)16-5-7-18(30)8-6-16)13-20(22)17-4-3-11-35(15-17)29-34-23-12-19(31)9-10-24(23)38-29/h5-10,12-14,17,32H,3-4,11,15H2,1-2H3,(H,33,36)/t17-/m0/s1. The summed E-state index contributed by atoms with van der Waals surface area (Å²) in [7, 11) is 3.42. The number of amides is 1. The average Bonchev–Trinajstić information content (AvgIpc) is 3.53. The molecule has 3 aromatic carbocycles. The third-order valence-electron chi connectivity index (χ3n) is 7.16. The second-order valence-electron chi connectivity index (χ2n) is 9.47. The molecule has 0 unspecified atom stereocenters. The van der Waals surface area contributed by atoms with Crippen molar-refractivity contribution in [3.8, 4) is 11.3 Å². The lowest BCUT2D eigenvalue weighted by Gasteiger charge is -2.32. The number of hydrogen-bond acceptors (Lipinski definition) is 6. The fourth-order valence-electron chi connectivity index (χ4n) is 5.30. The van der Waals surface area contributed by atoms with E-state index in [9.17, 15) is 13.6 Å². The molecular weight excluding hydrogens is 490 g/mol. The molecule has 0 bridgehead atoms. The molecule has 3 heterocycles. The first-order chi connectivity index (χ1) is 18.4. The van der Waals surface area contributed by atoms with E-state index in [1.165, 1.54) is 24.3 Å². The lowest BCUT2D eigenvalue weighted by molar-refractivity contribution is 0.0964. The van der Waals surface area contributed by atoms with Crippen LogP contribution in [-0.4, -0.2) is 38.1 Å². The topological polar surface area (TPSA) is 83.5 Å². The first-order valence-corrected chi connectivity index (χ1v) is 12.5. The summed E-state index contributed by atoms with van der Waals surface area (Å²) >= 11 is 0. The van der Waals surface area contributed by atoms with E-state index < -0.39 is 0 Å². The first-order valence-electron chi connectivity index (χ1n) is 12.5. The van der Waals surface area contributed by atoms with E-state index in [0.717, 1.165) is 30.6 Å². The molecule has 1 atom stereocenters. The van der Waals surface area contributed by atoms with E-state index in [1.807, 2.05) is 19.2 Å². The van der Waals surface area contributed by atoms with Gasteiger partial charge in [0.25, 0.3) is 11.9 Å². The number of nitrogens with one attached hydrogen (secondary N) is 2. The Labute approximate surface area is 217 Å². The summed E-state index contributed by atoms with van der Waals surface area (Å²) in [5.74, 6) is -0.494. The predicted octanol–water partition coefficient (Wildman–Crippen LogP) is 6.30. The Hall–Kier alpha value is -4.40. The molecule has 1 amide bonds. The van der Waals surface area contributed by atoms with Crippen LogP contribution in [-0.2, 0) is 0 Å². The van der Waals surface area contributed by atoms with Crippen molar-refractivity contribution in [3.05, 3.63) is 77.4 Å². The molecule has 6 rings (SSSR count). The second kappa shape index (κ2) is 9.48. The van der Waals surface area contributed by atoms with Gasteiger partial charge >= 0.3 is 0 Å². The van der Waals surface area contributed by atoms with Gasteiger partial charge in [-0.1, -0.05) is 0 Å². The van der Waals surface area contributed by atoms with Gasteiger partial charge in [-0.05, 0) is 60.9 Å². The van der Waals surface area contributed by atoms with Crippen LogP contribution in [0.4, 0.5) is 20.5 Å². The molecule has 0 saturated carbocycles. The zero-order chi connectivity index (χ0) is 26.4. The number of oxazole rings is 1. The van der Waals surface area contributed by atoms with Crippen LogP contribution in [0.25, 0.3) is 33.4 Å². The van der Waals surface area contributed by atoms with Crippen molar-refractivity contribution in [1.82, 2.24) is 10.3 Å². The highest BCUT2D eigenvalue weighted by molar-refractivity contribution is 6.11. The molecule has 194 valence electrons. The number of hydrogen-bond donors (Lipinski definition) is 2. The highest BCUT2D eigenvalue weighted by Crippen LogP contribution is 2.41. The lowest BCUT2D eigenvalue weighted by atomic mass is 9.88. The SMILES string of the molecule is CNC(=O)c1c(-c2ccc(F)cc2)oc2cc(NC)c([C@H]3CCCN(c4nc5cc(F)ccc5o4)C3)cc12. The maximum absolute atomic E-state index is 13.7. The number of aromatic nitrogens is 1. The number of fused-ring (bicyclic) bond motifs is 2. The molecule has 0 spiro atoms. The van der Waals surface area contributed by atoms with Crippen LogP contribution < -0.4 is 15.5 Å². The lowest BCUT2D eigenvalue weighted by Crippen LogP contribution is -2.34. The number of rotatable bonds is 5. The van der Waals surface area contributed by atoms with Crippen LogP contribution in [0.5, 0.6) is 0 Å². The van der Waals surface area contributed by atoms with Crippen LogP contribution in [0, 0.1) is 11.6 Å². The van der Waals surface area contributed by atoms with E-state index in [-0.39, 0.29) is 23.5 Å². The fourth-order valence-corrected chi connectivity index (χ4v) is 5.30. The van der Waals surface area contributed by atoms with Gasteiger partial charge in [-0.25, -0.2) is 8.78 Å². The number of carbonyl (C=O) groups is 1. The number of halogens is 2. The Morgan fingerprint density at radius 1 is 1.00 bits per heavy atom.